The molecule has 0 unspecified atom stereocenters. The van der Waals surface area contributed by atoms with E-state index in [2.05, 4.69) is 10.3 Å². The fourth-order valence-corrected chi connectivity index (χ4v) is 3.80. The summed E-state index contributed by atoms with van der Waals surface area (Å²) in [6, 6.07) is 13.2. The Morgan fingerprint density at radius 2 is 1.83 bits per heavy atom. The molecule has 0 aliphatic carbocycles. The highest BCUT2D eigenvalue weighted by Crippen LogP contribution is 2.23. The van der Waals surface area contributed by atoms with E-state index in [1.54, 1.807) is 11.3 Å². The number of hydrogen-bond acceptors (Lipinski definition) is 4. The third-order valence-corrected chi connectivity index (χ3v) is 5.74. The van der Waals surface area contributed by atoms with Crippen LogP contribution in [-0.2, 0) is 4.79 Å². The van der Waals surface area contributed by atoms with Crippen molar-refractivity contribution in [1.82, 2.24) is 9.38 Å². The standard InChI is InChI=1S/C23H21N3O2S/c1-15-3-4-18(13-16(15)2)21(27)9-10-22(28)24-19-7-5-17(6-8-19)20-14-26-11-12-29-23(26)25-20/h3-8,11-14H,9-10H2,1-2H3,(H,24,28). The number of ketones is 1. The molecule has 0 fully saturated rings. The number of aromatic nitrogens is 2. The van der Waals surface area contributed by atoms with E-state index in [0.29, 0.717) is 11.3 Å². The van der Waals surface area contributed by atoms with Crippen molar-refractivity contribution in [3.05, 3.63) is 76.9 Å². The van der Waals surface area contributed by atoms with Crippen LogP contribution in [0.25, 0.3) is 16.2 Å². The Balaban J connectivity index is 1.34. The van der Waals surface area contributed by atoms with Crippen molar-refractivity contribution in [3.63, 3.8) is 0 Å². The molecule has 0 aliphatic heterocycles. The van der Waals surface area contributed by atoms with Gasteiger partial charge in [0.05, 0.1) is 5.69 Å². The second-order valence-electron chi connectivity index (χ2n) is 7.07. The number of thiazole rings is 1. The molecule has 0 radical (unpaired) electrons. The summed E-state index contributed by atoms with van der Waals surface area (Å²) in [5.74, 6) is -0.184. The van der Waals surface area contributed by atoms with Gasteiger partial charge in [0, 0.05) is 47.4 Å². The first-order valence-corrected chi connectivity index (χ1v) is 10.3. The van der Waals surface area contributed by atoms with Crippen molar-refractivity contribution >= 4 is 33.7 Å². The minimum Gasteiger partial charge on any atom is -0.326 e. The molecular formula is C23H21N3O2S. The largest absolute Gasteiger partial charge is 0.326 e. The Kier molecular flexibility index (Phi) is 5.27. The van der Waals surface area contributed by atoms with Crippen LogP contribution >= 0.6 is 11.3 Å². The Morgan fingerprint density at radius 3 is 2.55 bits per heavy atom. The average Bonchev–Trinajstić information content (AvgIpc) is 3.31. The third kappa shape index (κ3) is 4.27. The quantitative estimate of drug-likeness (QED) is 0.446. The lowest BCUT2D eigenvalue weighted by atomic mass is 10.0. The molecule has 0 bridgehead atoms. The summed E-state index contributed by atoms with van der Waals surface area (Å²) in [6.45, 7) is 3.99. The van der Waals surface area contributed by atoms with Crippen LogP contribution in [0.1, 0.15) is 34.3 Å². The number of Topliss-reactive ketones (excluding diaryl/α,β-unsaturated/α-hetero) is 1. The Bertz CT molecular complexity index is 1160. The van der Waals surface area contributed by atoms with Gasteiger partial charge >= 0.3 is 0 Å². The summed E-state index contributed by atoms with van der Waals surface area (Å²) >= 11 is 1.59. The number of rotatable bonds is 6. The number of nitrogens with one attached hydrogen (secondary N) is 1. The lowest BCUT2D eigenvalue weighted by Gasteiger charge is -2.07. The van der Waals surface area contributed by atoms with Gasteiger partial charge in [0.25, 0.3) is 0 Å². The van der Waals surface area contributed by atoms with Gasteiger partial charge in [-0.05, 0) is 43.2 Å². The van der Waals surface area contributed by atoms with Crippen LogP contribution in [0.4, 0.5) is 5.69 Å². The third-order valence-electron chi connectivity index (χ3n) is 4.97. The zero-order chi connectivity index (χ0) is 20.4. The molecule has 2 heterocycles. The number of imidazole rings is 1. The summed E-state index contributed by atoms with van der Waals surface area (Å²) in [6.07, 6.45) is 4.31. The molecular weight excluding hydrogens is 382 g/mol. The van der Waals surface area contributed by atoms with Crippen LogP contribution in [-0.4, -0.2) is 21.1 Å². The summed E-state index contributed by atoms with van der Waals surface area (Å²) in [5.41, 5.74) is 5.48. The van der Waals surface area contributed by atoms with E-state index < -0.39 is 0 Å². The molecule has 6 heteroatoms. The SMILES string of the molecule is Cc1ccc(C(=O)CCC(=O)Nc2ccc(-c3cn4ccsc4n3)cc2)cc1C. The highest BCUT2D eigenvalue weighted by Gasteiger charge is 2.11. The first-order valence-electron chi connectivity index (χ1n) is 9.42. The molecule has 0 atom stereocenters. The normalized spacial score (nSPS) is 11.0. The Morgan fingerprint density at radius 1 is 1.03 bits per heavy atom. The number of carbonyl (C=O) groups is 2. The Hall–Kier alpha value is -3.25. The highest BCUT2D eigenvalue weighted by molar-refractivity contribution is 7.15. The van der Waals surface area contributed by atoms with Gasteiger partial charge < -0.3 is 5.32 Å². The minimum absolute atomic E-state index is 0.0154. The maximum Gasteiger partial charge on any atom is 0.224 e. The van der Waals surface area contributed by atoms with Crippen LogP contribution in [0.5, 0.6) is 0 Å². The zero-order valence-corrected chi connectivity index (χ0v) is 17.1. The molecule has 0 saturated heterocycles. The summed E-state index contributed by atoms with van der Waals surface area (Å²) in [5, 5.41) is 4.85. The van der Waals surface area contributed by atoms with Crippen LogP contribution in [0.2, 0.25) is 0 Å². The van der Waals surface area contributed by atoms with Crippen molar-refractivity contribution in [1.29, 1.82) is 0 Å². The fraction of sp³-hybridized carbons (Fsp3) is 0.174. The molecule has 1 N–H and O–H groups in total. The molecule has 1 amide bonds. The van der Waals surface area contributed by atoms with Gasteiger partial charge in [-0.25, -0.2) is 4.98 Å². The summed E-state index contributed by atoms with van der Waals surface area (Å²) in [7, 11) is 0. The molecule has 4 aromatic rings. The van der Waals surface area contributed by atoms with Gasteiger partial charge in [-0.1, -0.05) is 24.3 Å². The number of fused-ring (bicyclic) bond motifs is 1. The number of carbonyl (C=O) groups excluding carboxylic acids is 2. The summed E-state index contributed by atoms with van der Waals surface area (Å²) < 4.78 is 1.99. The molecule has 29 heavy (non-hydrogen) atoms. The maximum absolute atomic E-state index is 12.3. The van der Waals surface area contributed by atoms with E-state index in [1.165, 1.54) is 0 Å². The molecule has 0 saturated carbocycles. The topological polar surface area (TPSA) is 63.5 Å². The van der Waals surface area contributed by atoms with Gasteiger partial charge in [-0.3, -0.25) is 14.0 Å². The molecule has 2 aromatic heterocycles. The van der Waals surface area contributed by atoms with Gasteiger partial charge in [-0.15, -0.1) is 11.3 Å². The molecule has 4 rings (SSSR count). The molecule has 146 valence electrons. The first kappa shape index (κ1) is 19.1. The predicted molar refractivity (Wildman–Crippen MR) is 117 cm³/mol. The Labute approximate surface area is 173 Å². The fourth-order valence-electron chi connectivity index (χ4n) is 3.10. The molecule has 2 aromatic carbocycles. The van der Waals surface area contributed by atoms with E-state index in [1.807, 2.05) is 78.5 Å². The van der Waals surface area contributed by atoms with Gasteiger partial charge in [-0.2, -0.15) is 0 Å². The number of hydrogen-bond donors (Lipinski definition) is 1. The van der Waals surface area contributed by atoms with E-state index in [0.717, 1.165) is 27.3 Å². The number of aryl methyl sites for hydroxylation is 2. The van der Waals surface area contributed by atoms with E-state index in [4.69, 9.17) is 0 Å². The van der Waals surface area contributed by atoms with E-state index in [9.17, 15) is 9.59 Å². The minimum atomic E-state index is -0.169. The van der Waals surface area contributed by atoms with Crippen molar-refractivity contribution in [2.24, 2.45) is 0 Å². The number of benzene rings is 2. The molecule has 5 nitrogen and oxygen atoms in total. The van der Waals surface area contributed by atoms with Crippen molar-refractivity contribution in [2.75, 3.05) is 5.32 Å². The van der Waals surface area contributed by atoms with Crippen molar-refractivity contribution < 1.29 is 9.59 Å². The van der Waals surface area contributed by atoms with Gasteiger partial charge in [0.15, 0.2) is 10.7 Å². The van der Waals surface area contributed by atoms with Crippen molar-refractivity contribution in [2.45, 2.75) is 26.7 Å². The van der Waals surface area contributed by atoms with Gasteiger partial charge in [0.1, 0.15) is 0 Å². The monoisotopic (exact) mass is 403 g/mol. The van der Waals surface area contributed by atoms with Gasteiger partial charge in [0.2, 0.25) is 5.91 Å². The first-order chi connectivity index (χ1) is 14.0. The maximum atomic E-state index is 12.3. The smallest absolute Gasteiger partial charge is 0.224 e. The zero-order valence-electron chi connectivity index (χ0n) is 16.3. The lowest BCUT2D eigenvalue weighted by Crippen LogP contribution is -2.13. The number of amides is 1. The second-order valence-corrected chi connectivity index (χ2v) is 7.94. The van der Waals surface area contributed by atoms with E-state index >= 15 is 0 Å². The molecule has 0 aliphatic rings. The molecule has 0 spiro atoms. The summed E-state index contributed by atoms with van der Waals surface area (Å²) in [4.78, 5) is 30.1. The van der Waals surface area contributed by atoms with Crippen LogP contribution in [0, 0.1) is 13.8 Å². The van der Waals surface area contributed by atoms with Crippen LogP contribution < -0.4 is 5.32 Å². The highest BCUT2D eigenvalue weighted by atomic mass is 32.1. The number of nitrogens with zero attached hydrogens (tertiary/aromatic N) is 2. The van der Waals surface area contributed by atoms with Crippen LogP contribution in [0.15, 0.2) is 60.2 Å². The second kappa shape index (κ2) is 8.01. The van der Waals surface area contributed by atoms with E-state index in [-0.39, 0.29) is 24.5 Å². The van der Waals surface area contributed by atoms with Crippen molar-refractivity contribution in [3.8, 4) is 11.3 Å². The van der Waals surface area contributed by atoms with Crippen LogP contribution in [0.3, 0.4) is 0 Å². The predicted octanol–water partition coefficient (Wildman–Crippen LogP) is 5.28. The lowest BCUT2D eigenvalue weighted by molar-refractivity contribution is -0.116. The number of anilines is 1. The average molecular weight is 404 g/mol.